The Hall–Kier alpha value is -1.15. The molecule has 1 aromatic carbocycles. The van der Waals surface area contributed by atoms with Crippen molar-refractivity contribution in [3.05, 3.63) is 35.9 Å². The number of carbonyl (C=O) groups excluding carboxylic acids is 1. The van der Waals surface area contributed by atoms with E-state index in [1.807, 2.05) is 37.3 Å². The van der Waals surface area contributed by atoms with Crippen LogP contribution in [0.1, 0.15) is 51.2 Å². The van der Waals surface area contributed by atoms with Gasteiger partial charge in [-0.25, -0.2) is 0 Å². The molecule has 1 aromatic rings. The first kappa shape index (κ1) is 14.3. The number of ketones is 1. The number of hydrogen-bond donors (Lipinski definition) is 0. The summed E-state index contributed by atoms with van der Waals surface area (Å²) in [5.41, 5.74) is 0.993. The minimum atomic E-state index is -0.371. The third kappa shape index (κ3) is 3.66. The van der Waals surface area contributed by atoms with Crippen LogP contribution in [0.2, 0.25) is 0 Å². The number of Topliss-reactive ketones (excluding diaryl/α,β-unsaturated/α-hetero) is 1. The Morgan fingerprint density at radius 1 is 1.21 bits per heavy atom. The third-order valence-electron chi connectivity index (χ3n) is 4.11. The largest absolute Gasteiger partial charge is 0.366 e. The van der Waals surface area contributed by atoms with Crippen LogP contribution >= 0.6 is 0 Å². The maximum atomic E-state index is 12.7. The molecule has 0 saturated heterocycles. The van der Waals surface area contributed by atoms with Crippen LogP contribution in [0.4, 0.5) is 0 Å². The van der Waals surface area contributed by atoms with Crippen molar-refractivity contribution >= 4 is 5.78 Å². The fraction of sp³-hybridized carbons (Fsp3) is 0.588. The van der Waals surface area contributed by atoms with Crippen molar-refractivity contribution in [2.45, 2.75) is 45.6 Å². The summed E-state index contributed by atoms with van der Waals surface area (Å²) in [6.07, 6.45) is 4.02. The van der Waals surface area contributed by atoms with E-state index in [-0.39, 0.29) is 17.8 Å². The highest BCUT2D eigenvalue weighted by Crippen LogP contribution is 2.33. The van der Waals surface area contributed by atoms with Gasteiger partial charge >= 0.3 is 0 Å². The Kier molecular flexibility index (Phi) is 5.15. The van der Waals surface area contributed by atoms with Gasteiger partial charge in [0.25, 0.3) is 0 Å². The molecule has 2 nitrogen and oxygen atoms in total. The van der Waals surface area contributed by atoms with Crippen LogP contribution in [-0.2, 0) is 9.53 Å². The van der Waals surface area contributed by atoms with Gasteiger partial charge in [0.2, 0.25) is 0 Å². The van der Waals surface area contributed by atoms with E-state index in [1.165, 1.54) is 12.8 Å². The predicted molar refractivity (Wildman–Crippen MR) is 76.9 cm³/mol. The highest BCUT2D eigenvalue weighted by molar-refractivity contribution is 5.86. The van der Waals surface area contributed by atoms with E-state index in [4.69, 9.17) is 4.74 Å². The van der Waals surface area contributed by atoms with Crippen LogP contribution in [0.5, 0.6) is 0 Å². The maximum Gasteiger partial charge on any atom is 0.169 e. The number of rotatable bonds is 5. The summed E-state index contributed by atoms with van der Waals surface area (Å²) in [7, 11) is 0. The van der Waals surface area contributed by atoms with Gasteiger partial charge < -0.3 is 4.74 Å². The van der Waals surface area contributed by atoms with Crippen LogP contribution in [0.3, 0.4) is 0 Å². The molecule has 2 heteroatoms. The van der Waals surface area contributed by atoms with Crippen molar-refractivity contribution in [2.24, 2.45) is 11.8 Å². The lowest BCUT2D eigenvalue weighted by Crippen LogP contribution is -2.27. The normalized spacial score (nSPS) is 24.9. The molecule has 1 atom stereocenters. The molecule has 0 radical (unpaired) electrons. The number of hydrogen-bond acceptors (Lipinski definition) is 2. The predicted octanol–water partition coefficient (Wildman–Crippen LogP) is 4.16. The van der Waals surface area contributed by atoms with Gasteiger partial charge in [-0.2, -0.15) is 0 Å². The van der Waals surface area contributed by atoms with Crippen LogP contribution in [0.25, 0.3) is 0 Å². The van der Waals surface area contributed by atoms with E-state index in [9.17, 15) is 4.79 Å². The summed E-state index contributed by atoms with van der Waals surface area (Å²) in [5, 5.41) is 0. The zero-order valence-corrected chi connectivity index (χ0v) is 12.0. The first-order valence-corrected chi connectivity index (χ1v) is 7.42. The van der Waals surface area contributed by atoms with Gasteiger partial charge in [0.1, 0.15) is 6.10 Å². The van der Waals surface area contributed by atoms with Gasteiger partial charge in [0.05, 0.1) is 0 Å². The number of benzene rings is 1. The molecular formula is C17H24O2. The molecule has 0 N–H and O–H groups in total. The van der Waals surface area contributed by atoms with E-state index in [0.29, 0.717) is 6.61 Å². The summed E-state index contributed by atoms with van der Waals surface area (Å²) >= 11 is 0. The molecule has 0 aliphatic heterocycles. The minimum absolute atomic E-state index is 0.188. The molecular weight excluding hydrogens is 236 g/mol. The summed E-state index contributed by atoms with van der Waals surface area (Å²) in [6, 6.07) is 9.89. The molecule has 2 rings (SSSR count). The lowest BCUT2D eigenvalue weighted by molar-refractivity contribution is -0.136. The fourth-order valence-corrected chi connectivity index (χ4v) is 2.90. The summed E-state index contributed by atoms with van der Waals surface area (Å²) in [6.45, 7) is 4.80. The molecule has 1 unspecified atom stereocenters. The average Bonchev–Trinajstić information content (AvgIpc) is 2.46. The highest BCUT2D eigenvalue weighted by Gasteiger charge is 2.31. The van der Waals surface area contributed by atoms with Gasteiger partial charge in [0, 0.05) is 12.5 Å². The quantitative estimate of drug-likeness (QED) is 0.794. The second kappa shape index (κ2) is 6.85. The van der Waals surface area contributed by atoms with E-state index in [1.54, 1.807) is 0 Å². The summed E-state index contributed by atoms with van der Waals surface area (Å²) < 4.78 is 5.72. The van der Waals surface area contributed by atoms with Crippen molar-refractivity contribution in [3.63, 3.8) is 0 Å². The van der Waals surface area contributed by atoms with Crippen molar-refractivity contribution in [1.29, 1.82) is 0 Å². The topological polar surface area (TPSA) is 26.3 Å². The van der Waals surface area contributed by atoms with Crippen LogP contribution in [0.15, 0.2) is 30.3 Å². The maximum absolute atomic E-state index is 12.7. The fourth-order valence-electron chi connectivity index (χ4n) is 2.90. The van der Waals surface area contributed by atoms with Gasteiger partial charge in [0.15, 0.2) is 5.78 Å². The summed E-state index contributed by atoms with van der Waals surface area (Å²) in [5.74, 6) is 1.24. The van der Waals surface area contributed by atoms with Gasteiger partial charge in [-0.05, 0) is 31.2 Å². The smallest absolute Gasteiger partial charge is 0.169 e. The number of ether oxygens (including phenoxy) is 1. The van der Waals surface area contributed by atoms with Crippen molar-refractivity contribution in [3.8, 4) is 0 Å². The molecule has 104 valence electrons. The second-order valence-electron chi connectivity index (χ2n) is 5.61. The van der Waals surface area contributed by atoms with Crippen LogP contribution in [0, 0.1) is 11.8 Å². The first-order valence-electron chi connectivity index (χ1n) is 7.42. The Balaban J connectivity index is 2.08. The second-order valence-corrected chi connectivity index (χ2v) is 5.61. The Morgan fingerprint density at radius 3 is 2.42 bits per heavy atom. The average molecular weight is 260 g/mol. The lowest BCUT2D eigenvalue weighted by atomic mass is 9.79. The van der Waals surface area contributed by atoms with Crippen LogP contribution < -0.4 is 0 Å². The molecule has 0 aromatic heterocycles. The SMILES string of the molecule is CCOC(C(=O)C1CCC(C)CC1)c1ccccc1. The lowest BCUT2D eigenvalue weighted by Gasteiger charge is -2.28. The van der Waals surface area contributed by atoms with Crippen molar-refractivity contribution < 1.29 is 9.53 Å². The Bertz CT molecular complexity index is 391. The van der Waals surface area contributed by atoms with Crippen LogP contribution in [-0.4, -0.2) is 12.4 Å². The highest BCUT2D eigenvalue weighted by atomic mass is 16.5. The van der Waals surface area contributed by atoms with Crippen molar-refractivity contribution in [2.75, 3.05) is 6.61 Å². The Morgan fingerprint density at radius 2 is 1.84 bits per heavy atom. The summed E-state index contributed by atoms with van der Waals surface area (Å²) in [4.78, 5) is 12.7. The molecule has 1 fully saturated rings. The molecule has 0 bridgehead atoms. The van der Waals surface area contributed by atoms with Gasteiger partial charge in [-0.3, -0.25) is 4.79 Å². The zero-order chi connectivity index (χ0) is 13.7. The zero-order valence-electron chi connectivity index (χ0n) is 12.0. The Labute approximate surface area is 116 Å². The molecule has 0 amide bonds. The minimum Gasteiger partial charge on any atom is -0.366 e. The standard InChI is InChI=1S/C17H24O2/c1-3-19-17(15-7-5-4-6-8-15)16(18)14-11-9-13(2)10-12-14/h4-8,13-14,17H,3,9-12H2,1-2H3. The molecule has 19 heavy (non-hydrogen) atoms. The molecule has 0 spiro atoms. The van der Waals surface area contributed by atoms with E-state index < -0.39 is 0 Å². The van der Waals surface area contributed by atoms with Gasteiger partial charge in [-0.1, -0.05) is 50.1 Å². The van der Waals surface area contributed by atoms with Gasteiger partial charge in [-0.15, -0.1) is 0 Å². The molecule has 0 heterocycles. The monoisotopic (exact) mass is 260 g/mol. The van der Waals surface area contributed by atoms with E-state index >= 15 is 0 Å². The first-order chi connectivity index (χ1) is 9.22. The van der Waals surface area contributed by atoms with E-state index in [0.717, 1.165) is 24.3 Å². The molecule has 1 aliphatic carbocycles. The molecule has 1 saturated carbocycles. The van der Waals surface area contributed by atoms with E-state index in [2.05, 4.69) is 6.92 Å². The molecule has 1 aliphatic rings. The third-order valence-corrected chi connectivity index (χ3v) is 4.11. The van der Waals surface area contributed by atoms with Crippen molar-refractivity contribution in [1.82, 2.24) is 0 Å². The number of carbonyl (C=O) groups is 1.